The number of hydrogen-bond acceptors (Lipinski definition) is 2. The summed E-state index contributed by atoms with van der Waals surface area (Å²) in [4.78, 5) is 20.2. The summed E-state index contributed by atoms with van der Waals surface area (Å²) in [6, 6.07) is 0. The Bertz CT molecular complexity index is 232. The molecule has 2 unspecified atom stereocenters. The van der Waals surface area contributed by atoms with Gasteiger partial charge in [0.1, 0.15) is 9.65 Å². The van der Waals surface area contributed by atoms with Gasteiger partial charge in [0, 0.05) is 0 Å². The highest BCUT2D eigenvalue weighted by molar-refractivity contribution is 9.10. The minimum atomic E-state index is -0.799. The molecule has 2 atom stereocenters. The number of rotatable bonds is 11. The van der Waals surface area contributed by atoms with Gasteiger partial charge < -0.3 is 10.2 Å². The van der Waals surface area contributed by atoms with Crippen molar-refractivity contribution in [2.75, 3.05) is 0 Å². The van der Waals surface area contributed by atoms with Gasteiger partial charge >= 0.3 is 11.9 Å². The summed E-state index contributed by atoms with van der Waals surface area (Å²) in [7, 11) is 0. The van der Waals surface area contributed by atoms with Crippen LogP contribution in [0.3, 0.4) is 0 Å². The largest absolute Gasteiger partial charge is 0.480 e. The second-order valence-electron chi connectivity index (χ2n) is 4.31. The van der Waals surface area contributed by atoms with Crippen molar-refractivity contribution in [3.8, 4) is 0 Å². The zero-order valence-corrected chi connectivity index (χ0v) is 13.5. The Labute approximate surface area is 124 Å². The molecule has 106 valence electrons. The van der Waals surface area contributed by atoms with Gasteiger partial charge in [-0.15, -0.1) is 0 Å². The highest BCUT2D eigenvalue weighted by Gasteiger charge is 2.12. The van der Waals surface area contributed by atoms with E-state index in [1.165, 1.54) is 0 Å². The molecule has 0 aliphatic rings. The smallest absolute Gasteiger partial charge is 0.317 e. The quantitative estimate of drug-likeness (QED) is 0.417. The summed E-state index contributed by atoms with van der Waals surface area (Å²) < 4.78 is 0. The van der Waals surface area contributed by atoms with E-state index in [1.807, 2.05) is 0 Å². The van der Waals surface area contributed by atoms with E-state index >= 15 is 0 Å². The molecular formula is C12H20Br2O4. The first-order valence-corrected chi connectivity index (χ1v) is 8.02. The predicted molar refractivity (Wildman–Crippen MR) is 77.6 cm³/mol. The van der Waals surface area contributed by atoms with Crippen LogP contribution in [0.4, 0.5) is 0 Å². The molecule has 0 saturated heterocycles. The molecule has 6 heteroatoms. The molecule has 4 nitrogen and oxygen atoms in total. The van der Waals surface area contributed by atoms with Crippen molar-refractivity contribution >= 4 is 43.8 Å². The maximum atomic E-state index is 10.5. The molecule has 0 aliphatic heterocycles. The highest BCUT2D eigenvalue weighted by atomic mass is 79.9. The van der Waals surface area contributed by atoms with Gasteiger partial charge in [-0.25, -0.2) is 0 Å². The number of carboxylic acid groups (broad SMARTS) is 2. The molecule has 0 radical (unpaired) electrons. The average Bonchev–Trinajstić information content (AvgIpc) is 2.31. The Kier molecular flexibility index (Phi) is 10.7. The fourth-order valence-corrected chi connectivity index (χ4v) is 2.25. The first-order valence-electron chi connectivity index (χ1n) is 6.19. The van der Waals surface area contributed by atoms with Crippen molar-refractivity contribution in [3.05, 3.63) is 0 Å². The number of alkyl halides is 2. The molecule has 0 saturated carbocycles. The number of hydrogen-bond donors (Lipinski definition) is 2. The van der Waals surface area contributed by atoms with E-state index in [9.17, 15) is 9.59 Å². The number of halogens is 2. The summed E-state index contributed by atoms with van der Waals surface area (Å²) in [6.45, 7) is 0. The highest BCUT2D eigenvalue weighted by Crippen LogP contribution is 2.15. The lowest BCUT2D eigenvalue weighted by atomic mass is 10.1. The van der Waals surface area contributed by atoms with Crippen LogP contribution in [0.5, 0.6) is 0 Å². The molecule has 0 aromatic rings. The van der Waals surface area contributed by atoms with Gasteiger partial charge in [-0.2, -0.15) is 0 Å². The normalized spacial score (nSPS) is 14.1. The molecule has 0 bridgehead atoms. The minimum Gasteiger partial charge on any atom is -0.480 e. The van der Waals surface area contributed by atoms with Crippen LogP contribution in [0.25, 0.3) is 0 Å². The van der Waals surface area contributed by atoms with Crippen molar-refractivity contribution in [2.45, 2.75) is 61.0 Å². The SMILES string of the molecule is O=C(O)C(Br)CCCCCCCCC(Br)C(=O)O. The van der Waals surface area contributed by atoms with Crippen molar-refractivity contribution in [3.63, 3.8) is 0 Å². The summed E-state index contributed by atoms with van der Waals surface area (Å²) >= 11 is 6.21. The van der Waals surface area contributed by atoms with Gasteiger partial charge in [0.25, 0.3) is 0 Å². The van der Waals surface area contributed by atoms with Gasteiger partial charge in [0.2, 0.25) is 0 Å². The fourth-order valence-electron chi connectivity index (χ4n) is 1.60. The summed E-state index contributed by atoms with van der Waals surface area (Å²) in [5.41, 5.74) is 0. The Balaban J connectivity index is 3.26. The third-order valence-electron chi connectivity index (χ3n) is 2.70. The zero-order valence-electron chi connectivity index (χ0n) is 10.3. The molecule has 0 amide bonds. The van der Waals surface area contributed by atoms with Crippen molar-refractivity contribution < 1.29 is 19.8 Å². The molecule has 18 heavy (non-hydrogen) atoms. The van der Waals surface area contributed by atoms with Crippen molar-refractivity contribution in [1.82, 2.24) is 0 Å². The standard InChI is InChI=1S/C12H20Br2O4/c13-9(11(15)16)7-5-3-1-2-4-6-8-10(14)12(17)18/h9-10H,1-8H2,(H,15,16)(H,17,18). The second-order valence-corrected chi connectivity index (χ2v) is 6.52. The van der Waals surface area contributed by atoms with E-state index in [-0.39, 0.29) is 0 Å². The van der Waals surface area contributed by atoms with Crippen LogP contribution in [0.1, 0.15) is 51.4 Å². The molecule has 0 aromatic heterocycles. The van der Waals surface area contributed by atoms with Crippen LogP contribution in [0.15, 0.2) is 0 Å². The molecule has 0 spiro atoms. The van der Waals surface area contributed by atoms with E-state index in [0.717, 1.165) is 38.5 Å². The second kappa shape index (κ2) is 10.8. The van der Waals surface area contributed by atoms with E-state index in [4.69, 9.17) is 10.2 Å². The molecule has 0 rings (SSSR count). The Morgan fingerprint density at radius 3 is 1.28 bits per heavy atom. The molecule has 0 aliphatic carbocycles. The lowest BCUT2D eigenvalue weighted by molar-refractivity contribution is -0.137. The molecule has 0 fully saturated rings. The monoisotopic (exact) mass is 386 g/mol. The van der Waals surface area contributed by atoms with Gasteiger partial charge in [-0.05, 0) is 12.8 Å². The number of unbranched alkanes of at least 4 members (excludes halogenated alkanes) is 5. The topological polar surface area (TPSA) is 74.6 Å². The Hall–Kier alpha value is -0.100. The number of carboxylic acids is 2. The third kappa shape index (κ3) is 9.88. The maximum Gasteiger partial charge on any atom is 0.317 e. The van der Waals surface area contributed by atoms with Crippen LogP contribution < -0.4 is 0 Å². The maximum absolute atomic E-state index is 10.5. The van der Waals surface area contributed by atoms with Crippen molar-refractivity contribution in [1.29, 1.82) is 0 Å². The predicted octanol–water partition coefficient (Wildman–Crippen LogP) is 3.80. The molecular weight excluding hydrogens is 368 g/mol. The van der Waals surface area contributed by atoms with Gasteiger partial charge in [-0.1, -0.05) is 70.4 Å². The minimum absolute atomic E-state index is 0.428. The molecule has 0 aromatic carbocycles. The first kappa shape index (κ1) is 17.9. The molecule has 2 N–H and O–H groups in total. The van der Waals surface area contributed by atoms with E-state index < -0.39 is 21.6 Å². The summed E-state index contributed by atoms with van der Waals surface area (Å²) in [5.74, 6) is -1.60. The van der Waals surface area contributed by atoms with Crippen LogP contribution in [0, 0.1) is 0 Å². The van der Waals surface area contributed by atoms with Crippen LogP contribution in [-0.4, -0.2) is 31.8 Å². The average molecular weight is 388 g/mol. The van der Waals surface area contributed by atoms with E-state index in [0.29, 0.717) is 12.8 Å². The number of aliphatic carboxylic acids is 2. The van der Waals surface area contributed by atoms with Gasteiger partial charge in [0.05, 0.1) is 0 Å². The Morgan fingerprint density at radius 2 is 1.00 bits per heavy atom. The third-order valence-corrected chi connectivity index (χ3v) is 4.40. The summed E-state index contributed by atoms with van der Waals surface area (Å²) in [6.07, 6.45) is 7.39. The lowest BCUT2D eigenvalue weighted by Crippen LogP contribution is -2.12. The lowest BCUT2D eigenvalue weighted by Gasteiger charge is -2.05. The Morgan fingerprint density at radius 1 is 0.722 bits per heavy atom. The number of carbonyl (C=O) groups is 2. The van der Waals surface area contributed by atoms with E-state index in [2.05, 4.69) is 31.9 Å². The van der Waals surface area contributed by atoms with Crippen molar-refractivity contribution in [2.24, 2.45) is 0 Å². The fraction of sp³-hybridized carbons (Fsp3) is 0.833. The van der Waals surface area contributed by atoms with Crippen LogP contribution >= 0.6 is 31.9 Å². The van der Waals surface area contributed by atoms with Crippen LogP contribution in [0.2, 0.25) is 0 Å². The van der Waals surface area contributed by atoms with E-state index in [1.54, 1.807) is 0 Å². The zero-order chi connectivity index (χ0) is 14.0. The first-order chi connectivity index (χ1) is 8.45. The van der Waals surface area contributed by atoms with Crippen LogP contribution in [-0.2, 0) is 9.59 Å². The van der Waals surface area contributed by atoms with Gasteiger partial charge in [0.15, 0.2) is 0 Å². The van der Waals surface area contributed by atoms with Gasteiger partial charge in [-0.3, -0.25) is 9.59 Å². The molecule has 0 heterocycles. The summed E-state index contributed by atoms with van der Waals surface area (Å²) in [5, 5.41) is 17.3.